The van der Waals surface area contributed by atoms with Crippen LogP contribution in [0.5, 0.6) is 0 Å². The number of allylic oxidation sites excluding steroid dienone is 6. The molecule has 5 aromatic heterocycles. The Morgan fingerprint density at radius 2 is 0.664 bits per heavy atom. The summed E-state index contributed by atoms with van der Waals surface area (Å²) in [6.07, 6.45) is 3.50. The van der Waals surface area contributed by atoms with E-state index in [4.69, 9.17) is 50.0 Å². The van der Waals surface area contributed by atoms with E-state index in [-0.39, 0.29) is 146 Å². The summed E-state index contributed by atoms with van der Waals surface area (Å²) in [7, 11) is 0. The summed E-state index contributed by atoms with van der Waals surface area (Å²) >= 11 is 0. The molecule has 0 spiro atoms. The molecule has 0 unspecified atom stereocenters. The van der Waals surface area contributed by atoms with Gasteiger partial charge in [-0.3, -0.25) is 39.3 Å². The average molecular weight is 2600 g/mol. The molecule has 18 heteroatoms. The van der Waals surface area contributed by atoms with Gasteiger partial charge < -0.3 is 24.5 Å². The first-order valence-electron chi connectivity index (χ1n) is 48.1. The zero-order chi connectivity index (χ0) is 104. The number of aliphatic hydroxyl groups excluding tert-OH is 3. The van der Waals surface area contributed by atoms with E-state index in [1.165, 1.54) is 71.9 Å². The average Bonchev–Trinajstić information content (AvgIpc) is 1.59. The molecule has 128 heavy (non-hydrogen) atoms. The maximum absolute atomic E-state index is 10.0. The van der Waals surface area contributed by atoms with E-state index < -0.39 is 41.1 Å². The van der Waals surface area contributed by atoms with Crippen LogP contribution in [-0.2, 0) is 115 Å². The Morgan fingerprint density at radius 1 is 0.305 bits per heavy atom. The maximum atomic E-state index is 10.0. The molecule has 0 aliphatic heterocycles. The molecular weight excluding hydrogens is 2480 g/mol. The number of pyridine rings is 3. The molecular formula is C110H104Ir5N7O6-5. The Hall–Kier alpha value is -11.3. The number of hydrogen-bond donors (Lipinski definition) is 3. The van der Waals surface area contributed by atoms with E-state index in [9.17, 15) is 14.4 Å². The van der Waals surface area contributed by atoms with E-state index in [0.717, 1.165) is 128 Å². The Morgan fingerprint density at radius 3 is 1.09 bits per heavy atom. The van der Waals surface area contributed by atoms with Crippen LogP contribution in [0.3, 0.4) is 0 Å². The number of para-hydroxylation sites is 3. The fourth-order valence-electron chi connectivity index (χ4n) is 13.3. The third-order valence-corrected chi connectivity index (χ3v) is 18.3. The van der Waals surface area contributed by atoms with Crippen molar-refractivity contribution in [2.24, 2.45) is 0 Å². The summed E-state index contributed by atoms with van der Waals surface area (Å²) in [6, 6.07) is 97.1. The predicted molar refractivity (Wildman–Crippen MR) is 507 cm³/mol. The fourth-order valence-corrected chi connectivity index (χ4v) is 13.3. The van der Waals surface area contributed by atoms with Gasteiger partial charge in [-0.2, -0.15) is 0 Å². The molecule has 0 fully saturated rings. The molecule has 0 atom stereocenters. The first-order chi connectivity index (χ1) is 66.1. The molecule has 3 N–H and O–H groups in total. The van der Waals surface area contributed by atoms with Gasteiger partial charge in [-0.25, -0.2) is 0 Å². The summed E-state index contributed by atoms with van der Waals surface area (Å²) in [5.74, 6) is 1.32. The number of aromatic nitrogens is 7. The van der Waals surface area contributed by atoms with Gasteiger partial charge in [-0.15, -0.1) is 177 Å². The van der Waals surface area contributed by atoms with Crippen molar-refractivity contribution in [3.8, 4) is 67.9 Å². The second-order valence-electron chi connectivity index (χ2n) is 29.0. The van der Waals surface area contributed by atoms with Crippen LogP contribution in [-0.4, -0.2) is 66.7 Å². The minimum absolute atomic E-state index is 0. The number of carbonyl (C=O) groups excluding carboxylic acids is 3. The Balaban J connectivity index is 0.000000304. The van der Waals surface area contributed by atoms with Crippen molar-refractivity contribution in [2.45, 2.75) is 124 Å². The number of fused-ring (bicyclic) bond motifs is 5. The number of aryl methyl sites for hydroxylation is 12. The maximum Gasteiger partial charge on any atom is 0.155 e. The van der Waals surface area contributed by atoms with E-state index in [1.54, 1.807) is 72.8 Å². The topological polar surface area (TPSA) is 186 Å². The van der Waals surface area contributed by atoms with Crippen LogP contribution in [0.2, 0.25) is 0 Å². The summed E-state index contributed by atoms with van der Waals surface area (Å²) in [5.41, 5.74) is 21.1. The minimum Gasteiger partial charge on any atom is -0.512 e. The third-order valence-electron chi connectivity index (χ3n) is 18.3. The van der Waals surface area contributed by atoms with Gasteiger partial charge in [0.25, 0.3) is 0 Å². The van der Waals surface area contributed by atoms with Crippen LogP contribution in [0.25, 0.3) is 123 Å². The molecule has 13 nitrogen and oxygen atoms in total. The normalized spacial score (nSPS) is 13.3. The second-order valence-corrected chi connectivity index (χ2v) is 29.0. The Bertz CT molecular complexity index is 7270. The van der Waals surface area contributed by atoms with Gasteiger partial charge in [0.1, 0.15) is 0 Å². The minimum atomic E-state index is -2.44. The van der Waals surface area contributed by atoms with Crippen LogP contribution >= 0.6 is 0 Å². The van der Waals surface area contributed by atoms with Crippen LogP contribution in [0.15, 0.2) is 302 Å². The third kappa shape index (κ3) is 31.0. The van der Waals surface area contributed by atoms with Crippen LogP contribution in [0.4, 0.5) is 0 Å². The van der Waals surface area contributed by atoms with Crippen LogP contribution in [0, 0.1) is 113 Å². The van der Waals surface area contributed by atoms with Crippen LogP contribution in [0.1, 0.15) is 133 Å². The zero-order valence-corrected chi connectivity index (χ0v) is 84.0. The van der Waals surface area contributed by atoms with E-state index in [1.807, 2.05) is 166 Å². The number of imidazole rings is 2. The zero-order valence-electron chi connectivity index (χ0n) is 90.0. The fraction of sp³-hybridized carbons (Fsp3) is 0.164. The number of ketones is 3. The van der Waals surface area contributed by atoms with Gasteiger partial charge >= 0.3 is 0 Å². The molecule has 17 aromatic rings. The van der Waals surface area contributed by atoms with Crippen molar-refractivity contribution in [3.63, 3.8) is 0 Å². The van der Waals surface area contributed by atoms with E-state index >= 15 is 0 Å². The summed E-state index contributed by atoms with van der Waals surface area (Å²) in [5, 5.41) is 27.9. The van der Waals surface area contributed by atoms with Crippen molar-refractivity contribution in [1.82, 2.24) is 34.1 Å². The molecule has 0 aliphatic rings. The van der Waals surface area contributed by atoms with Gasteiger partial charge in [-0.05, 0) is 217 Å². The van der Waals surface area contributed by atoms with Gasteiger partial charge in [0.05, 0.1) is 67.5 Å². The molecule has 0 bridgehead atoms. The number of rotatable bonds is 10. The first-order valence-corrected chi connectivity index (χ1v) is 39.1. The van der Waals surface area contributed by atoms with Gasteiger partial charge in [0.15, 0.2) is 17.3 Å². The monoisotopic (exact) mass is 2600 g/mol. The molecule has 0 saturated heterocycles. The van der Waals surface area contributed by atoms with Crippen LogP contribution < -0.4 is 0 Å². The quantitative estimate of drug-likeness (QED) is 0.0672. The summed E-state index contributed by atoms with van der Waals surface area (Å²) in [6.45, 7) is 7.47. The van der Waals surface area contributed by atoms with Crippen molar-refractivity contribution >= 4 is 72.1 Å². The Labute approximate surface area is 846 Å². The smallest absolute Gasteiger partial charge is 0.155 e. The largest absolute Gasteiger partial charge is 0.512 e. The molecule has 12 aromatic carbocycles. The van der Waals surface area contributed by atoms with E-state index in [2.05, 4.69) is 112 Å². The molecule has 665 valence electrons. The predicted octanol–water partition coefficient (Wildman–Crippen LogP) is 26.9. The summed E-state index contributed by atoms with van der Waals surface area (Å²) in [4.78, 5) is 53.3. The second kappa shape index (κ2) is 51.6. The number of aliphatic hydroxyl groups is 3. The number of carbonyl (C=O) groups is 3. The standard InChI is InChI=1S/2C22H19N2.C18H16N.C17H14N.C16H12N.3C5H8O2.5Ir/c1-15-12-13-20-19(14-15)23-22(18-10-5-4-6-11-18)24(20)21-16(2)8-7-9-17(21)3;1-15-12-13-19-20(14-15)24(21-16(2)8-7-9-17(21)3)22(23-19)18-10-5-4-6-11-18;1-12-4-5-15-6-7-17(19-18(15)11-12)16-9-13(2)8-14(3)10-16;1-12-9-13(2)11-15(10-12)17-8-7-14-5-3-4-6-16(14)18-17;1-12-7-8-14-9-10-15(17-16(14)11-12)13-5-3-2-4-6-13;3*1-4(6)3-5(2)7;;;;;/h2*4-10,12-14H,1-3H3;4-9,11H,1-3H3;3-10H,1-2H3;2-5,7-11H,1H3;3*3,6H,1-2H3;;;;;/q5*-1;;;;;;;;/i3*1D3;1D3,2D3;1D3;;;;;;;;. The van der Waals surface area contributed by atoms with Crippen molar-refractivity contribution < 1.29 is 155 Å². The number of hydrogen-bond acceptors (Lipinski definition) is 11. The number of benzene rings is 12. The van der Waals surface area contributed by atoms with Crippen molar-refractivity contribution in [2.75, 3.05) is 0 Å². The van der Waals surface area contributed by atoms with E-state index in [0.29, 0.717) is 50.1 Å². The van der Waals surface area contributed by atoms with Gasteiger partial charge in [0.2, 0.25) is 0 Å². The molecule has 5 radical (unpaired) electrons. The summed E-state index contributed by atoms with van der Waals surface area (Å²) < 4.78 is 141. The first kappa shape index (κ1) is 81.2. The molecule has 17 rings (SSSR count). The van der Waals surface area contributed by atoms with Crippen molar-refractivity contribution in [3.05, 3.63) is 400 Å². The SMILES string of the molecule is CC(=O)C=C(C)O.CC(=O)C=C(C)O.CC(=O)C=C(C)O.[2H]C([2H])([2H])c1[c-]c(-c2ccc3ccccc3n2)cc(C([2H])([2H])[2H])c1.[2H]C([2H])([2H])c1ccc2c(c1)nc(-c1[c-]cccc1)n2-c1c(C)cccc1C.[2H]C([2H])([2H])c1ccc2ccc(-c3[c-]c(C)cc(C)c3)nc2c1.[2H]C([2H])([2H])c1ccc2ccc(-c3[c-]cccc3)nc2c1.[2H]C([2H])([2H])c1ccc2nc(-c3[c-]cccc3)n(-c3c(C)cccc3C)c2c1.[Ir].[Ir].[Ir].[Ir].[Ir]. The Kier molecular flexibility index (Phi) is 32.7. The molecule has 5 heterocycles. The van der Waals surface area contributed by atoms with Gasteiger partial charge in [-0.1, -0.05) is 155 Å². The van der Waals surface area contributed by atoms with Gasteiger partial charge in [0, 0.05) is 155 Å². The molecule has 0 amide bonds. The molecule has 0 saturated carbocycles. The van der Waals surface area contributed by atoms with Crippen molar-refractivity contribution in [1.29, 1.82) is 0 Å². The molecule has 0 aliphatic carbocycles. The number of nitrogens with zero attached hydrogens (tertiary/aromatic N) is 7.